The van der Waals surface area contributed by atoms with Crippen LogP contribution in [0.15, 0.2) is 18.2 Å². The van der Waals surface area contributed by atoms with E-state index in [1.54, 1.807) is 12.1 Å². The number of nitrogens with zero attached hydrogens (tertiary/aromatic N) is 2. The summed E-state index contributed by atoms with van der Waals surface area (Å²) in [5.74, 6) is 0.151. The van der Waals surface area contributed by atoms with Gasteiger partial charge in [-0.25, -0.2) is 9.18 Å². The first-order valence-electron chi connectivity index (χ1n) is 9.06. The Morgan fingerprint density at radius 1 is 1.08 bits per heavy atom. The summed E-state index contributed by atoms with van der Waals surface area (Å²) in [7, 11) is 1.47. The van der Waals surface area contributed by atoms with Gasteiger partial charge in [-0.05, 0) is 37.0 Å². The molecule has 3 rings (SSSR count). The Morgan fingerprint density at radius 2 is 1.79 bits per heavy atom. The van der Waals surface area contributed by atoms with Crippen LogP contribution in [-0.4, -0.2) is 49.1 Å². The minimum atomic E-state index is -0.330. The third-order valence-electron chi connectivity index (χ3n) is 5.23. The van der Waals surface area contributed by atoms with Crippen molar-refractivity contribution in [2.24, 2.45) is 0 Å². The van der Waals surface area contributed by atoms with Crippen molar-refractivity contribution >= 4 is 6.03 Å². The highest BCUT2D eigenvalue weighted by Crippen LogP contribution is 2.30. The van der Waals surface area contributed by atoms with Gasteiger partial charge in [-0.15, -0.1) is 0 Å². The summed E-state index contributed by atoms with van der Waals surface area (Å²) in [4.78, 5) is 16.7. The molecule has 2 aliphatic rings. The zero-order valence-corrected chi connectivity index (χ0v) is 14.5. The van der Waals surface area contributed by atoms with Gasteiger partial charge in [-0.1, -0.05) is 25.3 Å². The topological polar surface area (TPSA) is 32.8 Å². The second-order valence-electron chi connectivity index (χ2n) is 6.86. The number of urea groups is 1. The highest BCUT2D eigenvalue weighted by Gasteiger charge is 2.30. The molecular weight excluding hydrogens is 307 g/mol. The summed E-state index contributed by atoms with van der Waals surface area (Å²) < 4.78 is 18.9. The van der Waals surface area contributed by atoms with Gasteiger partial charge < -0.3 is 14.5 Å². The Kier molecular flexibility index (Phi) is 5.59. The van der Waals surface area contributed by atoms with Crippen molar-refractivity contribution in [3.63, 3.8) is 0 Å². The van der Waals surface area contributed by atoms with Crippen molar-refractivity contribution in [1.82, 2.24) is 9.80 Å². The number of halogens is 1. The van der Waals surface area contributed by atoms with Gasteiger partial charge in [0.1, 0.15) is 0 Å². The molecule has 0 bridgehead atoms. The van der Waals surface area contributed by atoms with Gasteiger partial charge in [0.05, 0.1) is 7.11 Å². The molecule has 2 amide bonds. The number of rotatable bonds is 2. The van der Waals surface area contributed by atoms with Crippen molar-refractivity contribution < 1.29 is 13.9 Å². The molecule has 0 N–H and O–H groups in total. The number of ether oxygens (including phenoxy) is 1. The molecule has 1 unspecified atom stereocenters. The van der Waals surface area contributed by atoms with Crippen LogP contribution < -0.4 is 4.74 Å². The SMILES string of the molecule is COc1ccc(C2CCN(C(=O)N3CCCCCCC3)C2)cc1F. The van der Waals surface area contributed by atoms with Gasteiger partial charge in [0, 0.05) is 32.1 Å². The van der Waals surface area contributed by atoms with E-state index in [4.69, 9.17) is 4.74 Å². The van der Waals surface area contributed by atoms with E-state index in [9.17, 15) is 9.18 Å². The summed E-state index contributed by atoms with van der Waals surface area (Å²) in [6, 6.07) is 5.30. The number of amides is 2. The first kappa shape index (κ1) is 17.1. The van der Waals surface area contributed by atoms with Crippen LogP contribution in [0.1, 0.15) is 50.0 Å². The second kappa shape index (κ2) is 7.86. The minimum Gasteiger partial charge on any atom is -0.494 e. The fourth-order valence-corrected chi connectivity index (χ4v) is 3.78. The van der Waals surface area contributed by atoms with Gasteiger partial charge in [0.15, 0.2) is 11.6 Å². The summed E-state index contributed by atoms with van der Waals surface area (Å²) in [5.41, 5.74) is 0.955. The number of benzene rings is 1. The quantitative estimate of drug-likeness (QED) is 0.819. The normalized spacial score (nSPS) is 22.2. The molecule has 1 atom stereocenters. The van der Waals surface area contributed by atoms with Crippen molar-refractivity contribution in [2.45, 2.75) is 44.4 Å². The maximum atomic E-state index is 13.9. The maximum Gasteiger partial charge on any atom is 0.320 e. The van der Waals surface area contributed by atoms with Gasteiger partial charge in [-0.3, -0.25) is 0 Å². The van der Waals surface area contributed by atoms with Crippen molar-refractivity contribution in [2.75, 3.05) is 33.3 Å². The fourth-order valence-electron chi connectivity index (χ4n) is 3.78. The summed E-state index contributed by atoms with van der Waals surface area (Å²) in [5, 5.41) is 0. The monoisotopic (exact) mass is 334 g/mol. The third kappa shape index (κ3) is 3.82. The lowest BCUT2D eigenvalue weighted by Crippen LogP contribution is -2.43. The van der Waals surface area contributed by atoms with E-state index in [2.05, 4.69) is 0 Å². The smallest absolute Gasteiger partial charge is 0.320 e. The van der Waals surface area contributed by atoms with Gasteiger partial charge >= 0.3 is 6.03 Å². The molecule has 2 aliphatic heterocycles. The molecular formula is C19H27FN2O2. The van der Waals surface area contributed by atoms with Crippen molar-refractivity contribution in [1.29, 1.82) is 0 Å². The van der Waals surface area contributed by atoms with E-state index in [1.807, 2.05) is 15.9 Å². The fraction of sp³-hybridized carbons (Fsp3) is 0.632. The number of likely N-dealkylation sites (tertiary alicyclic amines) is 2. The number of carbonyl (C=O) groups excluding carboxylic acids is 1. The summed E-state index contributed by atoms with van der Waals surface area (Å²) >= 11 is 0. The van der Waals surface area contributed by atoms with Crippen LogP contribution in [0.2, 0.25) is 0 Å². The largest absolute Gasteiger partial charge is 0.494 e. The van der Waals surface area contributed by atoms with E-state index in [0.29, 0.717) is 6.54 Å². The molecule has 0 spiro atoms. The standard InChI is InChI=1S/C19H27FN2O2/c1-24-18-8-7-15(13-17(18)20)16-9-12-22(14-16)19(23)21-10-5-3-2-4-6-11-21/h7-8,13,16H,2-6,9-12,14H2,1H3. The zero-order valence-electron chi connectivity index (χ0n) is 14.5. The summed E-state index contributed by atoms with van der Waals surface area (Å²) in [6.07, 6.45) is 6.83. The average Bonchev–Trinajstić information content (AvgIpc) is 3.04. The zero-order chi connectivity index (χ0) is 16.9. The molecule has 24 heavy (non-hydrogen) atoms. The van der Waals surface area contributed by atoms with Gasteiger partial charge in [0.25, 0.3) is 0 Å². The molecule has 2 heterocycles. The molecule has 0 aliphatic carbocycles. The number of hydrogen-bond donors (Lipinski definition) is 0. The van der Waals surface area contributed by atoms with Crippen molar-refractivity contribution in [3.05, 3.63) is 29.6 Å². The molecule has 132 valence electrons. The van der Waals surface area contributed by atoms with Crippen molar-refractivity contribution in [3.8, 4) is 5.75 Å². The molecule has 1 aromatic carbocycles. The lowest BCUT2D eigenvalue weighted by molar-refractivity contribution is 0.157. The van der Waals surface area contributed by atoms with E-state index in [0.717, 1.165) is 44.5 Å². The van der Waals surface area contributed by atoms with Crippen LogP contribution in [0.3, 0.4) is 0 Å². The van der Waals surface area contributed by atoms with Crippen LogP contribution in [0, 0.1) is 5.82 Å². The van der Waals surface area contributed by atoms with Gasteiger partial charge in [-0.2, -0.15) is 0 Å². The van der Waals surface area contributed by atoms with E-state index in [-0.39, 0.29) is 23.5 Å². The number of methoxy groups -OCH3 is 1. The predicted molar refractivity (Wildman–Crippen MR) is 91.9 cm³/mol. The highest BCUT2D eigenvalue weighted by atomic mass is 19.1. The average molecular weight is 334 g/mol. The van der Waals surface area contributed by atoms with Gasteiger partial charge in [0.2, 0.25) is 0 Å². The van der Waals surface area contributed by atoms with E-state index in [1.165, 1.54) is 26.4 Å². The van der Waals surface area contributed by atoms with Crippen LogP contribution in [0.5, 0.6) is 5.75 Å². The van der Waals surface area contributed by atoms with E-state index >= 15 is 0 Å². The second-order valence-corrected chi connectivity index (χ2v) is 6.86. The Balaban J connectivity index is 1.61. The lowest BCUT2D eigenvalue weighted by Gasteiger charge is -2.29. The van der Waals surface area contributed by atoms with Crippen LogP contribution in [-0.2, 0) is 0 Å². The Hall–Kier alpha value is -1.78. The van der Waals surface area contributed by atoms with Crippen LogP contribution in [0.25, 0.3) is 0 Å². The molecule has 2 fully saturated rings. The maximum absolute atomic E-state index is 13.9. The van der Waals surface area contributed by atoms with Crippen LogP contribution in [0.4, 0.5) is 9.18 Å². The Bertz CT molecular complexity index is 570. The predicted octanol–water partition coefficient (Wildman–Crippen LogP) is 4.01. The first-order valence-corrected chi connectivity index (χ1v) is 9.06. The molecule has 0 radical (unpaired) electrons. The van der Waals surface area contributed by atoms with Crippen LogP contribution >= 0.6 is 0 Å². The number of carbonyl (C=O) groups is 1. The minimum absolute atomic E-state index is 0.161. The number of hydrogen-bond acceptors (Lipinski definition) is 2. The summed E-state index contributed by atoms with van der Waals surface area (Å²) in [6.45, 7) is 3.18. The molecule has 2 saturated heterocycles. The lowest BCUT2D eigenvalue weighted by atomic mass is 9.98. The molecule has 0 aromatic heterocycles. The molecule has 1 aromatic rings. The molecule has 0 saturated carbocycles. The Labute approximate surface area is 143 Å². The molecule has 5 heteroatoms. The van der Waals surface area contributed by atoms with E-state index < -0.39 is 0 Å². The Morgan fingerprint density at radius 3 is 2.46 bits per heavy atom. The first-order chi connectivity index (χ1) is 11.7. The molecule has 4 nitrogen and oxygen atoms in total. The highest BCUT2D eigenvalue weighted by molar-refractivity contribution is 5.75. The third-order valence-corrected chi connectivity index (χ3v) is 5.23.